The largest absolute Gasteiger partial charge is 0.340 e. The van der Waals surface area contributed by atoms with Gasteiger partial charge in [0.15, 0.2) is 0 Å². The number of amides is 2. The molecule has 1 rings (SSSR count). The molecular formula is C10H17Cl2N3O2. The van der Waals surface area contributed by atoms with E-state index in [1.807, 2.05) is 0 Å². The predicted molar refractivity (Wildman–Crippen MR) is 68.3 cm³/mol. The molecule has 1 aliphatic carbocycles. The Morgan fingerprint density at radius 2 is 2.00 bits per heavy atom. The van der Waals surface area contributed by atoms with Gasteiger partial charge >= 0.3 is 6.03 Å². The van der Waals surface area contributed by atoms with E-state index in [-0.39, 0.29) is 17.3 Å². The third-order valence-electron chi connectivity index (χ3n) is 2.94. The number of nitrogens with zero attached hydrogens (tertiary/aromatic N) is 2. The summed E-state index contributed by atoms with van der Waals surface area (Å²) in [6.07, 6.45) is 5.13. The van der Waals surface area contributed by atoms with Crippen molar-refractivity contribution in [3.63, 3.8) is 0 Å². The van der Waals surface area contributed by atoms with Gasteiger partial charge in [0.1, 0.15) is 0 Å². The Morgan fingerprint density at radius 1 is 1.35 bits per heavy atom. The van der Waals surface area contributed by atoms with Crippen LogP contribution in [-0.2, 0) is 0 Å². The maximum absolute atomic E-state index is 11.6. The number of alkyl halides is 2. The van der Waals surface area contributed by atoms with Crippen molar-refractivity contribution in [1.82, 2.24) is 10.3 Å². The van der Waals surface area contributed by atoms with Gasteiger partial charge in [-0.05, 0) is 12.8 Å². The molecule has 1 N–H and O–H groups in total. The summed E-state index contributed by atoms with van der Waals surface area (Å²) in [4.78, 5) is 21.6. The van der Waals surface area contributed by atoms with E-state index in [9.17, 15) is 9.70 Å². The molecule has 0 bridgehead atoms. The second kappa shape index (κ2) is 7.01. The van der Waals surface area contributed by atoms with E-state index in [0.29, 0.717) is 6.54 Å². The van der Waals surface area contributed by atoms with Gasteiger partial charge in [-0.2, -0.15) is 5.01 Å². The van der Waals surface area contributed by atoms with Crippen LogP contribution < -0.4 is 5.32 Å². The number of nitroso groups, excluding NO2 is 1. The molecule has 0 spiro atoms. The molecule has 17 heavy (non-hydrogen) atoms. The summed E-state index contributed by atoms with van der Waals surface area (Å²) in [6.45, 7) is 0.466. The highest BCUT2D eigenvalue weighted by atomic mass is 35.5. The van der Waals surface area contributed by atoms with Crippen molar-refractivity contribution in [2.75, 3.05) is 19.0 Å². The van der Waals surface area contributed by atoms with E-state index >= 15 is 0 Å². The minimum Gasteiger partial charge on any atom is -0.335 e. The van der Waals surface area contributed by atoms with Gasteiger partial charge in [-0.25, -0.2) is 4.79 Å². The molecule has 7 heteroatoms. The van der Waals surface area contributed by atoms with Crippen LogP contribution in [0.5, 0.6) is 0 Å². The molecule has 0 radical (unpaired) electrons. The van der Waals surface area contributed by atoms with Crippen molar-refractivity contribution in [3.05, 3.63) is 4.91 Å². The average molecular weight is 282 g/mol. The van der Waals surface area contributed by atoms with Crippen molar-refractivity contribution in [1.29, 1.82) is 0 Å². The zero-order valence-electron chi connectivity index (χ0n) is 9.62. The molecule has 0 aromatic carbocycles. The monoisotopic (exact) mass is 281 g/mol. The number of hydrogen-bond acceptors (Lipinski definition) is 3. The van der Waals surface area contributed by atoms with Crippen LogP contribution in [-0.4, -0.2) is 34.9 Å². The Hall–Kier alpha value is -0.550. The molecule has 0 aliphatic heterocycles. The van der Waals surface area contributed by atoms with Gasteiger partial charge in [-0.15, -0.1) is 28.1 Å². The van der Waals surface area contributed by atoms with Crippen molar-refractivity contribution in [3.8, 4) is 0 Å². The lowest BCUT2D eigenvalue weighted by Crippen LogP contribution is -2.45. The molecule has 0 atom stereocenters. The van der Waals surface area contributed by atoms with E-state index in [2.05, 4.69) is 10.6 Å². The van der Waals surface area contributed by atoms with E-state index in [4.69, 9.17) is 23.2 Å². The maximum Gasteiger partial charge on any atom is 0.340 e. The smallest absolute Gasteiger partial charge is 0.335 e. The lowest BCUT2D eigenvalue weighted by molar-refractivity contribution is 0.199. The highest BCUT2D eigenvalue weighted by Gasteiger charge is 2.30. The van der Waals surface area contributed by atoms with Crippen molar-refractivity contribution < 1.29 is 4.79 Å². The number of urea groups is 1. The molecule has 2 amide bonds. The van der Waals surface area contributed by atoms with E-state index in [0.717, 1.165) is 30.7 Å². The first kappa shape index (κ1) is 14.5. The minimum absolute atomic E-state index is 0.103. The molecular weight excluding hydrogens is 265 g/mol. The van der Waals surface area contributed by atoms with Crippen LogP contribution in [0.15, 0.2) is 5.29 Å². The van der Waals surface area contributed by atoms with Crippen LogP contribution in [0.1, 0.15) is 32.1 Å². The van der Waals surface area contributed by atoms with Gasteiger partial charge < -0.3 is 5.32 Å². The number of hydrogen-bond donors (Lipinski definition) is 1. The normalized spacial score (nSPS) is 18.5. The highest BCUT2D eigenvalue weighted by Crippen LogP contribution is 2.33. The summed E-state index contributed by atoms with van der Waals surface area (Å²) < 4.78 is 0. The van der Waals surface area contributed by atoms with E-state index < -0.39 is 6.03 Å². The SMILES string of the molecule is O=NN(CCCl)C(=O)NCC1(Cl)CCCCC1. The fourth-order valence-electron chi connectivity index (χ4n) is 1.95. The molecule has 0 aromatic heterocycles. The zero-order valence-corrected chi connectivity index (χ0v) is 11.1. The van der Waals surface area contributed by atoms with Crippen LogP contribution in [0.3, 0.4) is 0 Å². The van der Waals surface area contributed by atoms with Crippen LogP contribution >= 0.6 is 23.2 Å². The first-order valence-electron chi connectivity index (χ1n) is 5.75. The standard InChI is InChI=1S/C10H17Cl2N3O2/c11-6-7-15(14-17)9(16)13-8-10(12)4-2-1-3-5-10/h1-8H2,(H,13,16). The van der Waals surface area contributed by atoms with Gasteiger partial charge in [0.2, 0.25) is 0 Å². The zero-order chi connectivity index (χ0) is 12.7. The molecule has 0 aromatic rings. The maximum atomic E-state index is 11.6. The van der Waals surface area contributed by atoms with Gasteiger partial charge in [0.25, 0.3) is 0 Å². The molecule has 0 saturated heterocycles. The number of halogens is 2. The summed E-state index contributed by atoms with van der Waals surface area (Å²) in [5, 5.41) is 6.01. The van der Waals surface area contributed by atoms with Crippen LogP contribution in [0.4, 0.5) is 4.79 Å². The van der Waals surface area contributed by atoms with Crippen LogP contribution in [0, 0.1) is 4.91 Å². The molecule has 5 nitrogen and oxygen atoms in total. The summed E-state index contributed by atoms with van der Waals surface area (Å²) in [5.41, 5.74) is 0. The van der Waals surface area contributed by atoms with Gasteiger partial charge in [0, 0.05) is 12.4 Å². The molecule has 0 heterocycles. The predicted octanol–water partition coefficient (Wildman–Crippen LogP) is 2.86. The molecule has 98 valence electrons. The Bertz CT molecular complexity index is 270. The molecule has 1 fully saturated rings. The van der Waals surface area contributed by atoms with Crippen molar-refractivity contribution in [2.24, 2.45) is 5.29 Å². The Morgan fingerprint density at radius 3 is 2.53 bits per heavy atom. The topological polar surface area (TPSA) is 61.8 Å². The Kier molecular flexibility index (Phi) is 5.98. The fourth-order valence-corrected chi connectivity index (χ4v) is 2.44. The average Bonchev–Trinajstić information content (AvgIpc) is 2.34. The lowest BCUT2D eigenvalue weighted by atomic mass is 9.88. The highest BCUT2D eigenvalue weighted by molar-refractivity contribution is 6.24. The summed E-state index contributed by atoms with van der Waals surface area (Å²) in [7, 11) is 0. The first-order chi connectivity index (χ1) is 8.11. The van der Waals surface area contributed by atoms with Crippen molar-refractivity contribution >= 4 is 29.2 Å². The first-order valence-corrected chi connectivity index (χ1v) is 6.66. The minimum atomic E-state index is -0.536. The van der Waals surface area contributed by atoms with E-state index in [1.165, 1.54) is 6.42 Å². The molecule has 0 unspecified atom stereocenters. The summed E-state index contributed by atoms with van der Waals surface area (Å²) in [6, 6.07) is -0.536. The number of rotatable bonds is 5. The second-order valence-corrected chi connectivity index (χ2v) is 5.44. The van der Waals surface area contributed by atoms with Gasteiger partial charge in [-0.1, -0.05) is 19.3 Å². The third kappa shape index (κ3) is 4.68. The third-order valence-corrected chi connectivity index (χ3v) is 3.62. The number of carbonyl (C=O) groups excluding carboxylic acids is 1. The second-order valence-electron chi connectivity index (χ2n) is 4.26. The Labute approximate surface area is 111 Å². The summed E-state index contributed by atoms with van der Waals surface area (Å²) in [5.74, 6) is 0.172. The van der Waals surface area contributed by atoms with Crippen LogP contribution in [0.2, 0.25) is 0 Å². The molecule has 1 saturated carbocycles. The van der Waals surface area contributed by atoms with Gasteiger partial charge in [0.05, 0.1) is 16.7 Å². The summed E-state index contributed by atoms with van der Waals surface area (Å²) >= 11 is 11.8. The van der Waals surface area contributed by atoms with Gasteiger partial charge in [-0.3, -0.25) is 0 Å². The van der Waals surface area contributed by atoms with Crippen LogP contribution in [0.25, 0.3) is 0 Å². The Balaban J connectivity index is 2.37. The molecule has 1 aliphatic rings. The number of carbonyl (C=O) groups is 1. The number of nitrogens with one attached hydrogen (secondary N) is 1. The van der Waals surface area contributed by atoms with Crippen molar-refractivity contribution in [2.45, 2.75) is 37.0 Å². The lowest BCUT2D eigenvalue weighted by Gasteiger charge is -2.31. The van der Waals surface area contributed by atoms with E-state index in [1.54, 1.807) is 0 Å². The quantitative estimate of drug-likeness (QED) is 0.479. The fraction of sp³-hybridized carbons (Fsp3) is 0.900.